The van der Waals surface area contributed by atoms with E-state index >= 15 is 0 Å². The summed E-state index contributed by atoms with van der Waals surface area (Å²) in [6, 6.07) is 0.804. The zero-order chi connectivity index (χ0) is 11.0. The van der Waals surface area contributed by atoms with Crippen LogP contribution in [0.25, 0.3) is 0 Å². The van der Waals surface area contributed by atoms with E-state index in [0.29, 0.717) is 5.04 Å². The summed E-state index contributed by atoms with van der Waals surface area (Å²) in [5.41, 5.74) is 0. The molecule has 14 heavy (non-hydrogen) atoms. The van der Waals surface area contributed by atoms with Crippen LogP contribution in [0.3, 0.4) is 0 Å². The van der Waals surface area contributed by atoms with Crippen LogP contribution in [0, 0.1) is 0 Å². The van der Waals surface area contributed by atoms with E-state index < -0.39 is 8.32 Å². The van der Waals surface area contributed by atoms with Gasteiger partial charge in [-0.1, -0.05) is 20.8 Å². The fourth-order valence-corrected chi connectivity index (χ4v) is 2.27. The normalized spacial score (nSPS) is 27.9. The molecule has 0 aliphatic carbocycles. The average molecular weight is 215 g/mol. The van der Waals surface area contributed by atoms with Gasteiger partial charge in [-0.25, -0.2) is 0 Å². The smallest absolute Gasteiger partial charge is 0.192 e. The summed E-state index contributed by atoms with van der Waals surface area (Å²) >= 11 is 0. The summed E-state index contributed by atoms with van der Waals surface area (Å²) in [5.74, 6) is 0. The molecule has 84 valence electrons. The molecule has 1 unspecified atom stereocenters. The highest BCUT2D eigenvalue weighted by atomic mass is 28.4. The van der Waals surface area contributed by atoms with Gasteiger partial charge >= 0.3 is 0 Å². The quantitative estimate of drug-likeness (QED) is 0.528. The van der Waals surface area contributed by atoms with E-state index in [1.165, 1.54) is 6.54 Å². The molecule has 1 saturated heterocycles. The maximum Gasteiger partial charge on any atom is 0.192 e. The van der Waals surface area contributed by atoms with E-state index in [-0.39, 0.29) is 0 Å². The molecule has 0 spiro atoms. The minimum absolute atomic E-state index is 0.345. The first kappa shape index (κ1) is 12.2. The van der Waals surface area contributed by atoms with Gasteiger partial charge in [-0.15, -0.1) is 0 Å². The largest absolute Gasteiger partial charge is 0.416 e. The molecular formula is C11H25NOSi. The third-order valence-electron chi connectivity index (χ3n) is 3.64. The molecule has 0 aromatic rings. The van der Waals surface area contributed by atoms with Crippen LogP contribution in [-0.2, 0) is 4.43 Å². The summed E-state index contributed by atoms with van der Waals surface area (Å²) in [5, 5.41) is 0.345. The Labute approximate surface area is 89.8 Å². The van der Waals surface area contributed by atoms with Crippen molar-refractivity contribution in [3.05, 3.63) is 0 Å². The molecule has 1 rings (SSSR count). The van der Waals surface area contributed by atoms with Crippen molar-refractivity contribution in [3.8, 4) is 0 Å². The van der Waals surface area contributed by atoms with Crippen LogP contribution >= 0.6 is 0 Å². The summed E-state index contributed by atoms with van der Waals surface area (Å²) in [6.07, 6.45) is 0. The van der Waals surface area contributed by atoms with E-state index in [1.54, 1.807) is 0 Å². The summed E-state index contributed by atoms with van der Waals surface area (Å²) < 4.78 is 6.09. The van der Waals surface area contributed by atoms with Crippen molar-refractivity contribution < 1.29 is 4.43 Å². The van der Waals surface area contributed by atoms with E-state index in [0.717, 1.165) is 19.2 Å². The van der Waals surface area contributed by atoms with Gasteiger partial charge in [0.2, 0.25) is 0 Å². The van der Waals surface area contributed by atoms with Gasteiger partial charge in [-0.05, 0) is 25.1 Å². The molecule has 0 bridgehead atoms. The molecule has 1 aliphatic rings. The van der Waals surface area contributed by atoms with Crippen LogP contribution in [0.5, 0.6) is 0 Å². The number of hydrogen-bond acceptors (Lipinski definition) is 2. The minimum atomic E-state index is -1.49. The summed E-state index contributed by atoms with van der Waals surface area (Å²) in [6.45, 7) is 17.1. The monoisotopic (exact) mass is 215 g/mol. The van der Waals surface area contributed by atoms with Crippen LogP contribution in [-0.4, -0.2) is 39.0 Å². The fraction of sp³-hybridized carbons (Fsp3) is 1.00. The zero-order valence-electron chi connectivity index (χ0n) is 10.6. The Morgan fingerprint density at radius 3 is 2.21 bits per heavy atom. The van der Waals surface area contributed by atoms with Gasteiger partial charge in [-0.3, -0.25) is 4.90 Å². The predicted molar refractivity (Wildman–Crippen MR) is 64.2 cm³/mol. The van der Waals surface area contributed by atoms with E-state index in [1.807, 2.05) is 0 Å². The van der Waals surface area contributed by atoms with Gasteiger partial charge in [-0.2, -0.15) is 0 Å². The second kappa shape index (κ2) is 3.95. The third-order valence-corrected chi connectivity index (χ3v) is 8.17. The molecule has 0 amide bonds. The van der Waals surface area contributed by atoms with Gasteiger partial charge in [0.15, 0.2) is 8.32 Å². The highest BCUT2D eigenvalue weighted by Crippen LogP contribution is 2.36. The van der Waals surface area contributed by atoms with Crippen LogP contribution in [0.4, 0.5) is 0 Å². The van der Waals surface area contributed by atoms with Crippen molar-refractivity contribution in [2.45, 2.75) is 51.9 Å². The van der Waals surface area contributed by atoms with E-state index in [4.69, 9.17) is 4.43 Å². The van der Waals surface area contributed by atoms with Crippen molar-refractivity contribution in [2.24, 2.45) is 0 Å². The standard InChI is InChI=1S/C11H25NOSi/c1-10-9-12(10)7-8-13-14(5,6)11(2,3)4/h10H,7-9H2,1-6H3/t10-,12?/m1/s1. The van der Waals surface area contributed by atoms with Gasteiger partial charge in [0, 0.05) is 25.7 Å². The Morgan fingerprint density at radius 1 is 1.36 bits per heavy atom. The second-order valence-corrected chi connectivity index (χ2v) is 10.8. The maximum atomic E-state index is 6.09. The lowest BCUT2D eigenvalue weighted by molar-refractivity contribution is 0.263. The zero-order valence-corrected chi connectivity index (χ0v) is 11.6. The molecule has 1 aliphatic heterocycles. The Morgan fingerprint density at radius 2 is 1.86 bits per heavy atom. The molecule has 0 saturated carbocycles. The van der Waals surface area contributed by atoms with Gasteiger partial charge in [0.25, 0.3) is 0 Å². The highest BCUT2D eigenvalue weighted by Gasteiger charge is 2.37. The molecular weight excluding hydrogens is 190 g/mol. The SMILES string of the molecule is C[C@@H]1CN1CCO[Si](C)(C)C(C)(C)C. The van der Waals surface area contributed by atoms with E-state index in [2.05, 4.69) is 45.7 Å². The molecule has 1 heterocycles. The first-order valence-electron chi connectivity index (χ1n) is 5.62. The van der Waals surface area contributed by atoms with Crippen LogP contribution in [0.1, 0.15) is 27.7 Å². The Hall–Kier alpha value is 0.137. The van der Waals surface area contributed by atoms with Crippen molar-refractivity contribution >= 4 is 8.32 Å². The fourth-order valence-electron chi connectivity index (χ4n) is 1.24. The molecule has 0 aromatic heterocycles. The van der Waals surface area contributed by atoms with Crippen LogP contribution in [0.2, 0.25) is 18.1 Å². The Bertz CT molecular complexity index is 198. The van der Waals surface area contributed by atoms with Gasteiger partial charge in [0.1, 0.15) is 0 Å². The molecule has 2 atom stereocenters. The van der Waals surface area contributed by atoms with Crippen molar-refractivity contribution in [2.75, 3.05) is 19.7 Å². The predicted octanol–water partition coefficient (Wildman–Crippen LogP) is 2.71. The first-order valence-corrected chi connectivity index (χ1v) is 8.53. The lowest BCUT2D eigenvalue weighted by Crippen LogP contribution is -2.41. The topological polar surface area (TPSA) is 12.2 Å². The highest BCUT2D eigenvalue weighted by molar-refractivity contribution is 6.74. The lowest BCUT2D eigenvalue weighted by Gasteiger charge is -2.36. The molecule has 3 heteroatoms. The molecule has 1 fully saturated rings. The number of rotatable bonds is 4. The minimum Gasteiger partial charge on any atom is -0.416 e. The third kappa shape index (κ3) is 3.07. The molecule has 0 N–H and O–H groups in total. The van der Waals surface area contributed by atoms with Crippen molar-refractivity contribution in [1.82, 2.24) is 4.90 Å². The van der Waals surface area contributed by atoms with Crippen LogP contribution < -0.4 is 0 Å². The van der Waals surface area contributed by atoms with Gasteiger partial charge in [0.05, 0.1) is 0 Å². The summed E-state index contributed by atoms with van der Waals surface area (Å²) in [4.78, 5) is 2.45. The van der Waals surface area contributed by atoms with Gasteiger partial charge < -0.3 is 4.43 Å². The Balaban J connectivity index is 2.22. The second-order valence-electron chi connectivity index (χ2n) is 5.95. The van der Waals surface area contributed by atoms with Crippen molar-refractivity contribution in [3.63, 3.8) is 0 Å². The summed E-state index contributed by atoms with van der Waals surface area (Å²) in [7, 11) is -1.49. The molecule has 2 nitrogen and oxygen atoms in total. The molecule has 0 radical (unpaired) electrons. The average Bonchev–Trinajstić information content (AvgIpc) is 2.63. The lowest BCUT2D eigenvalue weighted by atomic mass is 10.2. The molecule has 0 aromatic carbocycles. The first-order chi connectivity index (χ1) is 6.24. The van der Waals surface area contributed by atoms with Crippen molar-refractivity contribution in [1.29, 1.82) is 0 Å². The van der Waals surface area contributed by atoms with Crippen LogP contribution in [0.15, 0.2) is 0 Å². The maximum absolute atomic E-state index is 6.09. The number of nitrogens with zero attached hydrogens (tertiary/aromatic N) is 1. The number of hydrogen-bond donors (Lipinski definition) is 0. The van der Waals surface area contributed by atoms with E-state index in [9.17, 15) is 0 Å². The Kier molecular flexibility index (Phi) is 3.44.